The summed E-state index contributed by atoms with van der Waals surface area (Å²) in [4.78, 5) is 25.8. The van der Waals surface area contributed by atoms with Crippen molar-refractivity contribution in [1.82, 2.24) is 14.7 Å². The Balaban J connectivity index is 1.52. The summed E-state index contributed by atoms with van der Waals surface area (Å²) in [6.07, 6.45) is 2.70. The van der Waals surface area contributed by atoms with Crippen LogP contribution in [0.1, 0.15) is 25.0 Å². The Hall–Kier alpha value is -1.69. The van der Waals surface area contributed by atoms with Gasteiger partial charge in [-0.05, 0) is 32.3 Å². The van der Waals surface area contributed by atoms with Crippen LogP contribution >= 0.6 is 0 Å². The molecule has 0 radical (unpaired) electrons. The third-order valence-electron chi connectivity index (χ3n) is 4.16. The molecule has 0 spiro atoms. The second-order valence-electron chi connectivity index (χ2n) is 5.96. The zero-order chi connectivity index (χ0) is 14.8. The van der Waals surface area contributed by atoms with E-state index in [9.17, 15) is 9.59 Å². The van der Waals surface area contributed by atoms with E-state index >= 15 is 0 Å². The maximum atomic E-state index is 12.2. The summed E-state index contributed by atoms with van der Waals surface area (Å²) in [5.41, 5.74) is 0.749. The molecule has 1 aromatic heterocycles. The number of amides is 1. The largest absolute Gasteiger partial charge is 0.368 e. The van der Waals surface area contributed by atoms with Crippen LogP contribution in [0.25, 0.3) is 0 Å². The van der Waals surface area contributed by atoms with Crippen molar-refractivity contribution < 1.29 is 9.53 Å². The second-order valence-corrected chi connectivity index (χ2v) is 5.96. The van der Waals surface area contributed by atoms with E-state index in [1.165, 1.54) is 4.68 Å². The first-order chi connectivity index (χ1) is 10.1. The number of carbonyl (C=O) groups excluding carboxylic acids is 1. The van der Waals surface area contributed by atoms with Gasteiger partial charge in [0.2, 0.25) is 0 Å². The smallest absolute Gasteiger partial charge is 0.266 e. The van der Waals surface area contributed by atoms with Crippen LogP contribution in [-0.4, -0.2) is 46.4 Å². The molecule has 0 N–H and O–H groups in total. The van der Waals surface area contributed by atoms with Crippen molar-refractivity contribution in [2.45, 2.75) is 38.8 Å². The van der Waals surface area contributed by atoms with Gasteiger partial charge < -0.3 is 9.64 Å². The van der Waals surface area contributed by atoms with Gasteiger partial charge in [0.1, 0.15) is 6.10 Å². The van der Waals surface area contributed by atoms with E-state index in [-0.39, 0.29) is 17.6 Å². The molecule has 1 amide bonds. The monoisotopic (exact) mass is 291 g/mol. The van der Waals surface area contributed by atoms with Crippen molar-refractivity contribution in [3.8, 4) is 0 Å². The van der Waals surface area contributed by atoms with Crippen molar-refractivity contribution in [3.63, 3.8) is 0 Å². The van der Waals surface area contributed by atoms with Gasteiger partial charge in [-0.25, -0.2) is 4.68 Å². The quantitative estimate of drug-likeness (QED) is 0.817. The number of aryl methyl sites for hydroxylation is 1. The highest BCUT2D eigenvalue weighted by Crippen LogP contribution is 2.22. The van der Waals surface area contributed by atoms with Gasteiger partial charge in [-0.2, -0.15) is 5.10 Å². The predicted molar refractivity (Wildman–Crippen MR) is 76.9 cm³/mol. The van der Waals surface area contributed by atoms with E-state index in [1.807, 2.05) is 11.8 Å². The Morgan fingerprint density at radius 3 is 2.90 bits per heavy atom. The van der Waals surface area contributed by atoms with Gasteiger partial charge in [-0.3, -0.25) is 9.59 Å². The molecule has 114 valence electrons. The van der Waals surface area contributed by atoms with Gasteiger partial charge in [-0.15, -0.1) is 0 Å². The molecule has 2 aliphatic heterocycles. The Morgan fingerprint density at radius 2 is 2.19 bits per heavy atom. The van der Waals surface area contributed by atoms with Gasteiger partial charge >= 0.3 is 0 Å². The molecule has 6 heteroatoms. The zero-order valence-electron chi connectivity index (χ0n) is 12.3. The number of nitrogens with zero attached hydrogens (tertiary/aromatic N) is 3. The summed E-state index contributed by atoms with van der Waals surface area (Å²) in [6.45, 7) is 4.53. The minimum atomic E-state index is -0.250. The molecule has 1 aromatic rings. The number of carbonyl (C=O) groups is 1. The fraction of sp³-hybridized carbons (Fsp3) is 0.667. The van der Waals surface area contributed by atoms with Crippen LogP contribution < -0.4 is 5.56 Å². The minimum Gasteiger partial charge on any atom is -0.368 e. The molecule has 0 saturated carbocycles. The highest BCUT2D eigenvalue weighted by Gasteiger charge is 2.35. The van der Waals surface area contributed by atoms with Gasteiger partial charge in [-0.1, -0.05) is 0 Å². The molecule has 3 heterocycles. The summed E-state index contributed by atoms with van der Waals surface area (Å²) >= 11 is 0. The van der Waals surface area contributed by atoms with E-state index in [4.69, 9.17) is 4.74 Å². The van der Waals surface area contributed by atoms with Gasteiger partial charge in [0.05, 0.1) is 12.2 Å². The lowest BCUT2D eigenvalue weighted by atomic mass is 9.98. The van der Waals surface area contributed by atoms with Gasteiger partial charge in [0, 0.05) is 31.7 Å². The number of aromatic nitrogens is 2. The van der Waals surface area contributed by atoms with Crippen molar-refractivity contribution in [2.24, 2.45) is 5.92 Å². The van der Waals surface area contributed by atoms with Crippen molar-refractivity contribution >= 4 is 5.91 Å². The average Bonchev–Trinajstić information content (AvgIpc) is 2.46. The molecule has 1 unspecified atom stereocenters. The fourth-order valence-corrected chi connectivity index (χ4v) is 2.93. The topological polar surface area (TPSA) is 64.4 Å². The van der Waals surface area contributed by atoms with E-state index in [0.717, 1.165) is 25.0 Å². The maximum Gasteiger partial charge on any atom is 0.266 e. The highest BCUT2D eigenvalue weighted by atomic mass is 16.5. The van der Waals surface area contributed by atoms with Crippen molar-refractivity contribution in [2.75, 3.05) is 19.7 Å². The first-order valence-corrected chi connectivity index (χ1v) is 7.58. The van der Waals surface area contributed by atoms with Crippen LogP contribution in [0.15, 0.2) is 16.9 Å². The molecule has 2 aliphatic rings. The maximum absolute atomic E-state index is 12.2. The van der Waals surface area contributed by atoms with E-state index in [1.54, 1.807) is 12.1 Å². The predicted octanol–water partition coefficient (Wildman–Crippen LogP) is 0.579. The Morgan fingerprint density at radius 1 is 1.38 bits per heavy atom. The zero-order valence-corrected chi connectivity index (χ0v) is 12.3. The average molecular weight is 291 g/mol. The molecule has 6 nitrogen and oxygen atoms in total. The van der Waals surface area contributed by atoms with Crippen molar-refractivity contribution in [1.29, 1.82) is 0 Å². The van der Waals surface area contributed by atoms with Crippen LogP contribution in [0.5, 0.6) is 0 Å². The second kappa shape index (κ2) is 5.97. The summed E-state index contributed by atoms with van der Waals surface area (Å²) in [6, 6.07) is 3.26. The highest BCUT2D eigenvalue weighted by molar-refractivity contribution is 5.81. The summed E-state index contributed by atoms with van der Waals surface area (Å²) in [5.74, 6) is 0.417. The lowest BCUT2D eigenvalue weighted by Gasteiger charge is -2.41. The molecule has 0 bridgehead atoms. The molecule has 0 aliphatic carbocycles. The fourth-order valence-electron chi connectivity index (χ4n) is 2.93. The van der Waals surface area contributed by atoms with E-state index in [0.29, 0.717) is 32.2 Å². The van der Waals surface area contributed by atoms with Gasteiger partial charge in [0.15, 0.2) is 0 Å². The minimum absolute atomic E-state index is 0.0824. The van der Waals surface area contributed by atoms with E-state index < -0.39 is 0 Å². The number of ether oxygens (including phenoxy) is 1. The Kier molecular flexibility index (Phi) is 4.05. The number of likely N-dealkylation sites (tertiary alicyclic amines) is 1. The lowest BCUT2D eigenvalue weighted by Crippen LogP contribution is -2.55. The molecular formula is C15H21N3O3. The SMILES string of the molecule is Cc1ccc(=O)n(CC2CN(C(=O)C3CCCCO3)C2)n1. The number of hydrogen-bond acceptors (Lipinski definition) is 4. The molecular weight excluding hydrogens is 270 g/mol. The Bertz CT molecular complexity index is 572. The number of rotatable bonds is 3. The summed E-state index contributed by atoms with van der Waals surface area (Å²) in [5, 5.41) is 4.23. The lowest BCUT2D eigenvalue weighted by molar-refractivity contribution is -0.153. The summed E-state index contributed by atoms with van der Waals surface area (Å²) < 4.78 is 7.03. The van der Waals surface area contributed by atoms with E-state index in [2.05, 4.69) is 5.10 Å². The van der Waals surface area contributed by atoms with Crippen molar-refractivity contribution in [3.05, 3.63) is 28.2 Å². The number of hydrogen-bond donors (Lipinski definition) is 0. The molecule has 21 heavy (non-hydrogen) atoms. The Labute approximate surface area is 123 Å². The first kappa shape index (κ1) is 14.3. The van der Waals surface area contributed by atoms with Crippen LogP contribution in [-0.2, 0) is 16.1 Å². The van der Waals surface area contributed by atoms with Crippen LogP contribution in [0.3, 0.4) is 0 Å². The van der Waals surface area contributed by atoms with Crippen LogP contribution in [0, 0.1) is 12.8 Å². The third kappa shape index (κ3) is 3.15. The van der Waals surface area contributed by atoms with Crippen LogP contribution in [0.2, 0.25) is 0 Å². The molecule has 2 saturated heterocycles. The third-order valence-corrected chi connectivity index (χ3v) is 4.16. The molecule has 3 rings (SSSR count). The molecule has 0 aromatic carbocycles. The normalized spacial score (nSPS) is 22.9. The van der Waals surface area contributed by atoms with Crippen LogP contribution in [0.4, 0.5) is 0 Å². The molecule has 2 fully saturated rings. The summed E-state index contributed by atoms with van der Waals surface area (Å²) in [7, 11) is 0. The first-order valence-electron chi connectivity index (χ1n) is 7.58. The standard InChI is InChI=1S/C15H21N3O3/c1-11-5-6-14(19)18(16-11)10-12-8-17(9-12)15(20)13-4-2-3-7-21-13/h5-6,12-13H,2-4,7-10H2,1H3. The molecule has 1 atom stereocenters. The van der Waals surface area contributed by atoms with Gasteiger partial charge in [0.25, 0.3) is 11.5 Å².